The van der Waals surface area contributed by atoms with Gasteiger partial charge in [0.15, 0.2) is 0 Å². The molecule has 0 spiro atoms. The van der Waals surface area contributed by atoms with E-state index in [4.69, 9.17) is 4.98 Å². The lowest BCUT2D eigenvalue weighted by Crippen LogP contribution is -2.28. The molecule has 0 aliphatic heterocycles. The van der Waals surface area contributed by atoms with Crippen molar-refractivity contribution in [1.82, 2.24) is 14.9 Å². The number of aromatic nitrogens is 2. The summed E-state index contributed by atoms with van der Waals surface area (Å²) in [5, 5.41) is 3.06. The van der Waals surface area contributed by atoms with E-state index in [1.54, 1.807) is 0 Å². The highest BCUT2D eigenvalue weighted by atomic mass is 16.1. The summed E-state index contributed by atoms with van der Waals surface area (Å²) in [4.78, 5) is 16.8. The Morgan fingerprint density at radius 2 is 1.88 bits per heavy atom. The van der Waals surface area contributed by atoms with E-state index in [9.17, 15) is 4.79 Å². The van der Waals surface area contributed by atoms with Gasteiger partial charge in [-0.2, -0.15) is 0 Å². The number of allylic oxidation sites excluding steroid dienone is 1. The Bertz CT molecular complexity index is 896. The standard InChI is InChI=1S/C22H25N3O/c1-3-10-21(26)23-17(2)22-24-19-14-7-8-15-20(19)25(22)16-9-13-18-11-5-4-6-12-18/h4-9,11-15,17H,3,10,16H2,1-2H3,(H,23,26)/b13-9+. The van der Waals surface area contributed by atoms with Gasteiger partial charge in [0.25, 0.3) is 0 Å². The first-order valence-electron chi connectivity index (χ1n) is 9.15. The fourth-order valence-corrected chi connectivity index (χ4v) is 3.08. The molecule has 1 atom stereocenters. The first-order chi connectivity index (χ1) is 12.7. The molecule has 0 bridgehead atoms. The summed E-state index contributed by atoms with van der Waals surface area (Å²) in [6.07, 6.45) is 5.62. The van der Waals surface area contributed by atoms with E-state index in [0.717, 1.165) is 23.3 Å². The molecule has 26 heavy (non-hydrogen) atoms. The van der Waals surface area contributed by atoms with Crippen LogP contribution < -0.4 is 5.32 Å². The Morgan fingerprint density at radius 3 is 2.65 bits per heavy atom. The van der Waals surface area contributed by atoms with Crippen LogP contribution in [0.15, 0.2) is 60.7 Å². The lowest BCUT2D eigenvalue weighted by atomic mass is 10.2. The predicted octanol–water partition coefficient (Wildman–Crippen LogP) is 4.73. The second-order valence-electron chi connectivity index (χ2n) is 6.42. The molecule has 0 aliphatic rings. The number of nitrogens with zero attached hydrogens (tertiary/aromatic N) is 2. The van der Waals surface area contributed by atoms with Crippen LogP contribution in [0.1, 0.15) is 44.1 Å². The van der Waals surface area contributed by atoms with E-state index in [2.05, 4.69) is 40.2 Å². The van der Waals surface area contributed by atoms with Gasteiger partial charge in [-0.15, -0.1) is 0 Å². The number of fused-ring (bicyclic) bond motifs is 1. The lowest BCUT2D eigenvalue weighted by molar-refractivity contribution is -0.121. The summed E-state index contributed by atoms with van der Waals surface area (Å²) in [5.74, 6) is 0.951. The summed E-state index contributed by atoms with van der Waals surface area (Å²) in [6.45, 7) is 4.71. The average molecular weight is 347 g/mol. The topological polar surface area (TPSA) is 46.9 Å². The third-order valence-electron chi connectivity index (χ3n) is 4.32. The quantitative estimate of drug-likeness (QED) is 0.672. The molecular weight excluding hydrogens is 322 g/mol. The number of carbonyl (C=O) groups excluding carboxylic acids is 1. The molecule has 2 aromatic carbocycles. The number of nitrogens with one attached hydrogen (secondary N) is 1. The smallest absolute Gasteiger partial charge is 0.220 e. The Hall–Kier alpha value is -2.88. The fraction of sp³-hybridized carbons (Fsp3) is 0.273. The molecule has 4 heteroatoms. The zero-order valence-corrected chi connectivity index (χ0v) is 15.4. The van der Waals surface area contributed by atoms with E-state index in [-0.39, 0.29) is 11.9 Å². The van der Waals surface area contributed by atoms with Crippen LogP contribution in [-0.4, -0.2) is 15.5 Å². The molecule has 1 heterocycles. The molecule has 134 valence electrons. The van der Waals surface area contributed by atoms with Crippen LogP contribution in [-0.2, 0) is 11.3 Å². The van der Waals surface area contributed by atoms with Crippen molar-refractivity contribution in [2.75, 3.05) is 0 Å². The Kier molecular flexibility index (Phi) is 5.84. The van der Waals surface area contributed by atoms with Crippen LogP contribution in [0, 0.1) is 0 Å². The summed E-state index contributed by atoms with van der Waals surface area (Å²) in [5.41, 5.74) is 3.20. The van der Waals surface area contributed by atoms with Crippen molar-refractivity contribution in [1.29, 1.82) is 0 Å². The predicted molar refractivity (Wildman–Crippen MR) is 107 cm³/mol. The minimum Gasteiger partial charge on any atom is -0.346 e. The van der Waals surface area contributed by atoms with Crippen molar-refractivity contribution >= 4 is 23.0 Å². The first kappa shape index (κ1) is 17.9. The lowest BCUT2D eigenvalue weighted by Gasteiger charge is -2.15. The third kappa shape index (κ3) is 4.20. The van der Waals surface area contributed by atoms with E-state index >= 15 is 0 Å². The summed E-state index contributed by atoms with van der Waals surface area (Å²) < 4.78 is 2.17. The molecule has 0 saturated carbocycles. The van der Waals surface area contributed by atoms with E-state index in [1.807, 2.05) is 50.2 Å². The maximum absolute atomic E-state index is 12.0. The van der Waals surface area contributed by atoms with Crippen molar-refractivity contribution < 1.29 is 4.79 Å². The van der Waals surface area contributed by atoms with Crippen LogP contribution in [0.5, 0.6) is 0 Å². The van der Waals surface area contributed by atoms with Crippen molar-refractivity contribution in [3.8, 4) is 0 Å². The van der Waals surface area contributed by atoms with Gasteiger partial charge in [-0.1, -0.05) is 61.5 Å². The Morgan fingerprint density at radius 1 is 1.15 bits per heavy atom. The molecule has 3 rings (SSSR count). The van der Waals surface area contributed by atoms with Crippen molar-refractivity contribution in [3.63, 3.8) is 0 Å². The zero-order chi connectivity index (χ0) is 18.4. The SMILES string of the molecule is CCCC(=O)NC(C)c1nc2ccccc2n1C/C=C/c1ccccc1. The van der Waals surface area contributed by atoms with Gasteiger partial charge in [0, 0.05) is 13.0 Å². The van der Waals surface area contributed by atoms with Gasteiger partial charge in [-0.25, -0.2) is 4.98 Å². The van der Waals surface area contributed by atoms with E-state index in [0.29, 0.717) is 13.0 Å². The van der Waals surface area contributed by atoms with Gasteiger partial charge in [-0.3, -0.25) is 4.79 Å². The third-order valence-corrected chi connectivity index (χ3v) is 4.32. The zero-order valence-electron chi connectivity index (χ0n) is 15.4. The number of hydrogen-bond donors (Lipinski definition) is 1. The number of carbonyl (C=O) groups is 1. The Labute approximate surface area is 154 Å². The summed E-state index contributed by atoms with van der Waals surface area (Å²) in [6, 6.07) is 18.2. The molecular formula is C22H25N3O. The highest BCUT2D eigenvalue weighted by molar-refractivity contribution is 5.78. The van der Waals surface area contributed by atoms with E-state index in [1.165, 1.54) is 5.56 Å². The number of benzene rings is 2. The number of imidazole rings is 1. The van der Waals surface area contributed by atoms with Crippen LogP contribution in [0.3, 0.4) is 0 Å². The van der Waals surface area contributed by atoms with Crippen molar-refractivity contribution in [3.05, 3.63) is 72.1 Å². The molecule has 0 radical (unpaired) electrons. The van der Waals surface area contributed by atoms with Gasteiger partial charge < -0.3 is 9.88 Å². The molecule has 0 saturated heterocycles. The highest BCUT2D eigenvalue weighted by Gasteiger charge is 2.17. The monoisotopic (exact) mass is 347 g/mol. The van der Waals surface area contributed by atoms with Gasteiger partial charge in [0.05, 0.1) is 17.1 Å². The van der Waals surface area contributed by atoms with Crippen LogP contribution >= 0.6 is 0 Å². The number of hydrogen-bond acceptors (Lipinski definition) is 2. The van der Waals surface area contributed by atoms with Gasteiger partial charge in [0.1, 0.15) is 5.82 Å². The minimum atomic E-state index is -0.133. The highest BCUT2D eigenvalue weighted by Crippen LogP contribution is 2.21. The minimum absolute atomic E-state index is 0.0680. The maximum Gasteiger partial charge on any atom is 0.220 e. The molecule has 4 nitrogen and oxygen atoms in total. The number of amides is 1. The van der Waals surface area contributed by atoms with Gasteiger partial charge in [-0.05, 0) is 31.0 Å². The molecule has 1 unspecified atom stereocenters. The molecule has 1 amide bonds. The van der Waals surface area contributed by atoms with Gasteiger partial charge in [0.2, 0.25) is 5.91 Å². The normalized spacial score (nSPS) is 12.5. The average Bonchev–Trinajstić information content (AvgIpc) is 3.02. The van der Waals surface area contributed by atoms with Crippen molar-refractivity contribution in [2.24, 2.45) is 0 Å². The maximum atomic E-state index is 12.0. The molecule has 0 fully saturated rings. The first-order valence-corrected chi connectivity index (χ1v) is 9.15. The number of para-hydroxylation sites is 2. The fourth-order valence-electron chi connectivity index (χ4n) is 3.08. The molecule has 1 N–H and O–H groups in total. The van der Waals surface area contributed by atoms with Crippen LogP contribution in [0.2, 0.25) is 0 Å². The number of rotatable bonds is 7. The van der Waals surface area contributed by atoms with Gasteiger partial charge >= 0.3 is 0 Å². The molecule has 0 aliphatic carbocycles. The largest absolute Gasteiger partial charge is 0.346 e. The second-order valence-corrected chi connectivity index (χ2v) is 6.42. The summed E-state index contributed by atoms with van der Waals surface area (Å²) in [7, 11) is 0. The molecule has 1 aromatic heterocycles. The second kappa shape index (κ2) is 8.48. The van der Waals surface area contributed by atoms with Crippen LogP contribution in [0.25, 0.3) is 17.1 Å². The summed E-state index contributed by atoms with van der Waals surface area (Å²) >= 11 is 0. The Balaban J connectivity index is 1.87. The van der Waals surface area contributed by atoms with Crippen LogP contribution in [0.4, 0.5) is 0 Å². The van der Waals surface area contributed by atoms with E-state index < -0.39 is 0 Å². The van der Waals surface area contributed by atoms with Crippen molar-refractivity contribution in [2.45, 2.75) is 39.3 Å². The molecule has 3 aromatic rings.